The molecule has 0 bridgehead atoms. The molecule has 100 valence electrons. The highest BCUT2D eigenvalue weighted by Gasteiger charge is 2.02. The molecule has 0 unspecified atom stereocenters. The van der Waals surface area contributed by atoms with E-state index in [9.17, 15) is 9.59 Å². The molecule has 3 N–H and O–H groups in total. The second kappa shape index (κ2) is 11.9. The van der Waals surface area contributed by atoms with Crippen LogP contribution in [0.5, 0.6) is 0 Å². The quantitative estimate of drug-likeness (QED) is 0.586. The molecule has 0 spiro atoms. The number of nitrogens with two attached hydrogens (primary N) is 1. The highest BCUT2D eigenvalue weighted by Crippen LogP contribution is 2.10. The zero-order chi connectivity index (χ0) is 12.9. The Balaban J connectivity index is 3.20. The minimum atomic E-state index is -0.0436. The molecule has 0 aliphatic heterocycles. The molecule has 0 atom stereocenters. The van der Waals surface area contributed by atoms with Crippen molar-refractivity contribution in [1.82, 2.24) is 5.32 Å². The average Bonchev–Trinajstić information content (AvgIpc) is 2.29. The van der Waals surface area contributed by atoms with Gasteiger partial charge in [-0.1, -0.05) is 31.0 Å². The summed E-state index contributed by atoms with van der Waals surface area (Å²) in [5.74, 6) is 0.629. The molecule has 0 saturated heterocycles. The predicted octanol–water partition coefficient (Wildman–Crippen LogP) is 1.68. The van der Waals surface area contributed by atoms with Gasteiger partial charge < -0.3 is 11.1 Å². The van der Waals surface area contributed by atoms with Gasteiger partial charge in [-0.05, 0) is 19.4 Å². The van der Waals surface area contributed by atoms with Crippen LogP contribution in [0.3, 0.4) is 0 Å². The number of nitrogens with one attached hydrogen (secondary N) is 1. The largest absolute Gasteiger partial charge is 0.356 e. The molecule has 0 fully saturated rings. The smallest absolute Gasteiger partial charge is 0.216 e. The summed E-state index contributed by atoms with van der Waals surface area (Å²) in [7, 11) is 0. The van der Waals surface area contributed by atoms with Crippen molar-refractivity contribution in [3.63, 3.8) is 0 Å². The Morgan fingerprint density at radius 2 is 1.76 bits per heavy atom. The molecular formula is C12H24N2O2S. The van der Waals surface area contributed by atoms with E-state index in [0.717, 1.165) is 25.8 Å². The van der Waals surface area contributed by atoms with Crippen LogP contribution in [0.25, 0.3) is 0 Å². The van der Waals surface area contributed by atoms with E-state index >= 15 is 0 Å². The Morgan fingerprint density at radius 1 is 1.12 bits per heavy atom. The summed E-state index contributed by atoms with van der Waals surface area (Å²) >= 11 is 1.31. The highest BCUT2D eigenvalue weighted by molar-refractivity contribution is 8.13. The van der Waals surface area contributed by atoms with E-state index in [-0.39, 0.29) is 11.0 Å². The lowest BCUT2D eigenvalue weighted by molar-refractivity contribution is -0.118. The molecule has 0 radical (unpaired) electrons. The zero-order valence-corrected chi connectivity index (χ0v) is 11.5. The fraction of sp³-hybridized carbons (Fsp3) is 0.833. The summed E-state index contributed by atoms with van der Waals surface area (Å²) in [6, 6.07) is 0. The molecule has 17 heavy (non-hydrogen) atoms. The Kier molecular flexibility index (Phi) is 11.5. The summed E-state index contributed by atoms with van der Waals surface area (Å²) < 4.78 is 0. The van der Waals surface area contributed by atoms with Crippen molar-refractivity contribution < 1.29 is 9.59 Å². The zero-order valence-electron chi connectivity index (χ0n) is 10.7. The van der Waals surface area contributed by atoms with Crippen molar-refractivity contribution >= 4 is 22.8 Å². The molecule has 0 aromatic heterocycles. The lowest BCUT2D eigenvalue weighted by atomic mass is 10.1. The van der Waals surface area contributed by atoms with Gasteiger partial charge in [0.15, 0.2) is 5.12 Å². The van der Waals surface area contributed by atoms with E-state index in [1.807, 2.05) is 0 Å². The normalized spacial score (nSPS) is 10.2. The van der Waals surface area contributed by atoms with Gasteiger partial charge in [0, 0.05) is 25.6 Å². The van der Waals surface area contributed by atoms with Crippen LogP contribution in [0.15, 0.2) is 0 Å². The number of rotatable bonds is 10. The van der Waals surface area contributed by atoms with Gasteiger partial charge in [0.2, 0.25) is 5.91 Å². The van der Waals surface area contributed by atoms with E-state index in [0.29, 0.717) is 18.7 Å². The first-order valence-corrected chi connectivity index (χ1v) is 7.25. The lowest BCUT2D eigenvalue weighted by Gasteiger charge is -2.02. The average molecular weight is 260 g/mol. The van der Waals surface area contributed by atoms with E-state index in [4.69, 9.17) is 5.73 Å². The van der Waals surface area contributed by atoms with Crippen molar-refractivity contribution in [2.45, 2.75) is 45.4 Å². The van der Waals surface area contributed by atoms with Gasteiger partial charge in [-0.25, -0.2) is 0 Å². The van der Waals surface area contributed by atoms with Crippen LogP contribution in [0.2, 0.25) is 0 Å². The van der Waals surface area contributed by atoms with Crippen molar-refractivity contribution in [3.05, 3.63) is 0 Å². The van der Waals surface area contributed by atoms with Gasteiger partial charge in [0.25, 0.3) is 0 Å². The Hall–Kier alpha value is -0.550. The van der Waals surface area contributed by atoms with Crippen LogP contribution < -0.4 is 11.1 Å². The van der Waals surface area contributed by atoms with E-state index in [2.05, 4.69) is 5.32 Å². The summed E-state index contributed by atoms with van der Waals surface area (Å²) in [4.78, 5) is 22.0. The van der Waals surface area contributed by atoms with Crippen molar-refractivity contribution in [2.75, 3.05) is 18.8 Å². The molecule has 5 heteroatoms. The number of thioether (sulfide) groups is 1. The molecule has 0 aliphatic rings. The summed E-state index contributed by atoms with van der Waals surface area (Å²) in [6.07, 6.45) is 6.14. The van der Waals surface area contributed by atoms with E-state index in [1.165, 1.54) is 31.5 Å². The Morgan fingerprint density at radius 3 is 2.41 bits per heavy atom. The third-order valence-corrected chi connectivity index (χ3v) is 3.26. The molecular weight excluding hydrogens is 236 g/mol. The SMILES string of the molecule is CC(=O)NCCSC(=O)CCCCCCCN. The van der Waals surface area contributed by atoms with Gasteiger partial charge >= 0.3 is 0 Å². The first-order chi connectivity index (χ1) is 8.16. The first kappa shape index (κ1) is 16.4. The molecule has 1 amide bonds. The van der Waals surface area contributed by atoms with Crippen LogP contribution in [-0.2, 0) is 9.59 Å². The first-order valence-electron chi connectivity index (χ1n) is 6.27. The van der Waals surface area contributed by atoms with E-state index < -0.39 is 0 Å². The maximum Gasteiger partial charge on any atom is 0.216 e. The molecule has 0 aliphatic carbocycles. The number of carbonyl (C=O) groups excluding carboxylic acids is 2. The number of amides is 1. The number of hydrogen-bond donors (Lipinski definition) is 2. The second-order valence-corrected chi connectivity index (χ2v) is 5.16. The Labute approximate surface area is 108 Å². The number of unbranched alkanes of at least 4 members (excludes halogenated alkanes) is 4. The molecule has 0 rings (SSSR count). The standard InChI is InChI=1S/C12H24N2O2S/c1-11(15)14-9-10-17-12(16)7-5-3-2-4-6-8-13/h2-10,13H2,1H3,(H,14,15). The minimum absolute atomic E-state index is 0.0436. The van der Waals surface area contributed by atoms with Gasteiger partial charge in [0.05, 0.1) is 0 Å². The molecule has 0 saturated carbocycles. The molecule has 0 aromatic carbocycles. The number of hydrogen-bond acceptors (Lipinski definition) is 4. The maximum absolute atomic E-state index is 11.4. The molecule has 0 aromatic rings. The summed E-state index contributed by atoms with van der Waals surface area (Å²) in [6.45, 7) is 2.81. The third-order valence-electron chi connectivity index (χ3n) is 2.32. The van der Waals surface area contributed by atoms with Crippen LogP contribution >= 0.6 is 11.8 Å². The highest BCUT2D eigenvalue weighted by atomic mass is 32.2. The summed E-state index contributed by atoms with van der Waals surface area (Å²) in [5, 5.41) is 2.90. The predicted molar refractivity (Wildman–Crippen MR) is 72.9 cm³/mol. The summed E-state index contributed by atoms with van der Waals surface area (Å²) in [5.41, 5.74) is 5.39. The second-order valence-electron chi connectivity index (χ2n) is 4.01. The van der Waals surface area contributed by atoms with Crippen molar-refractivity contribution in [1.29, 1.82) is 0 Å². The third kappa shape index (κ3) is 13.4. The van der Waals surface area contributed by atoms with Crippen LogP contribution in [0.4, 0.5) is 0 Å². The van der Waals surface area contributed by atoms with Crippen LogP contribution in [0, 0.1) is 0 Å². The van der Waals surface area contributed by atoms with Crippen molar-refractivity contribution in [3.8, 4) is 0 Å². The minimum Gasteiger partial charge on any atom is -0.356 e. The topological polar surface area (TPSA) is 72.2 Å². The van der Waals surface area contributed by atoms with Gasteiger partial charge in [-0.3, -0.25) is 9.59 Å². The van der Waals surface area contributed by atoms with Crippen LogP contribution in [-0.4, -0.2) is 29.9 Å². The number of carbonyl (C=O) groups is 2. The fourth-order valence-electron chi connectivity index (χ4n) is 1.41. The monoisotopic (exact) mass is 260 g/mol. The fourth-order valence-corrected chi connectivity index (χ4v) is 2.13. The molecule has 0 heterocycles. The molecule has 4 nitrogen and oxygen atoms in total. The van der Waals surface area contributed by atoms with Gasteiger partial charge in [0.1, 0.15) is 0 Å². The maximum atomic E-state index is 11.4. The van der Waals surface area contributed by atoms with Gasteiger partial charge in [-0.15, -0.1) is 0 Å². The van der Waals surface area contributed by atoms with Crippen molar-refractivity contribution in [2.24, 2.45) is 5.73 Å². The van der Waals surface area contributed by atoms with Gasteiger partial charge in [-0.2, -0.15) is 0 Å². The lowest BCUT2D eigenvalue weighted by Crippen LogP contribution is -2.22. The van der Waals surface area contributed by atoms with E-state index in [1.54, 1.807) is 0 Å². The Bertz CT molecular complexity index is 223. The van der Waals surface area contributed by atoms with Crippen LogP contribution in [0.1, 0.15) is 45.4 Å².